The Labute approximate surface area is 72.9 Å². The summed E-state index contributed by atoms with van der Waals surface area (Å²) >= 11 is 0. The summed E-state index contributed by atoms with van der Waals surface area (Å²) in [5, 5.41) is 20.4. The third-order valence-electron chi connectivity index (χ3n) is 1.34. The molecule has 0 aliphatic rings. The summed E-state index contributed by atoms with van der Waals surface area (Å²) in [7, 11) is -4.10. The van der Waals surface area contributed by atoms with E-state index >= 15 is 0 Å². The Balaban J connectivity index is 3.51. The summed E-state index contributed by atoms with van der Waals surface area (Å²) in [6.07, 6.45) is 0. The van der Waals surface area contributed by atoms with Crippen LogP contribution in [-0.4, -0.2) is 23.5 Å². The van der Waals surface area contributed by atoms with E-state index in [-0.39, 0.29) is 5.69 Å². The van der Waals surface area contributed by atoms with Crippen LogP contribution in [0.4, 0.5) is 5.82 Å². The van der Waals surface area contributed by atoms with Crippen molar-refractivity contribution in [3.8, 4) is 0 Å². The first-order valence-electron chi connectivity index (χ1n) is 3.06. The van der Waals surface area contributed by atoms with E-state index in [1.54, 1.807) is 0 Å². The van der Waals surface area contributed by atoms with Crippen LogP contribution in [0.3, 0.4) is 0 Å². The van der Waals surface area contributed by atoms with Crippen molar-refractivity contribution < 1.29 is 13.3 Å². The highest BCUT2D eigenvalue weighted by Crippen LogP contribution is 2.21. The third-order valence-corrected chi connectivity index (χ3v) is 2.40. The van der Waals surface area contributed by atoms with Crippen molar-refractivity contribution in [1.29, 1.82) is 0 Å². The van der Waals surface area contributed by atoms with Gasteiger partial charge in [0, 0.05) is 0 Å². The van der Waals surface area contributed by atoms with Gasteiger partial charge < -0.3 is 10.1 Å². The number of aromatic amines is 1. The zero-order valence-corrected chi connectivity index (χ0v) is 7.33. The van der Waals surface area contributed by atoms with Crippen molar-refractivity contribution in [2.75, 3.05) is 0 Å². The second-order valence-electron chi connectivity index (χ2n) is 2.29. The van der Waals surface area contributed by atoms with Crippen LogP contribution in [0.5, 0.6) is 0 Å². The average molecular weight is 206 g/mol. The van der Waals surface area contributed by atoms with Gasteiger partial charge in [0.1, 0.15) is 5.69 Å². The fourth-order valence-electron chi connectivity index (χ4n) is 0.874. The molecular weight excluding hydrogens is 200 g/mol. The maximum absolute atomic E-state index is 10.9. The molecule has 0 aliphatic carbocycles. The molecule has 72 valence electrons. The van der Waals surface area contributed by atoms with Crippen LogP contribution in [0.15, 0.2) is 4.90 Å². The molecule has 8 nitrogen and oxygen atoms in total. The van der Waals surface area contributed by atoms with Crippen molar-refractivity contribution in [2.45, 2.75) is 11.8 Å². The van der Waals surface area contributed by atoms with E-state index in [1.165, 1.54) is 6.92 Å². The summed E-state index contributed by atoms with van der Waals surface area (Å²) in [5.74, 6) is -0.708. The first-order valence-corrected chi connectivity index (χ1v) is 4.61. The molecule has 3 N–H and O–H groups in total. The Morgan fingerprint density at radius 3 is 2.46 bits per heavy atom. The van der Waals surface area contributed by atoms with Crippen molar-refractivity contribution in [3.63, 3.8) is 0 Å². The number of hydrogen-bond acceptors (Lipinski definition) is 5. The summed E-state index contributed by atoms with van der Waals surface area (Å²) in [5.41, 5.74) is -0.0193. The molecule has 1 aromatic heterocycles. The fraction of sp³-hybridized carbons (Fsp3) is 0.250. The zero-order valence-electron chi connectivity index (χ0n) is 6.51. The first kappa shape index (κ1) is 9.61. The van der Waals surface area contributed by atoms with Crippen LogP contribution in [0, 0.1) is 17.0 Å². The molecule has 0 amide bonds. The smallest absolute Gasteiger partial charge is 0.358 e. The Hall–Kier alpha value is -1.48. The average Bonchev–Trinajstić information content (AvgIpc) is 2.28. The topological polar surface area (TPSA) is 132 Å². The first-order chi connectivity index (χ1) is 5.84. The van der Waals surface area contributed by atoms with Crippen LogP contribution >= 0.6 is 0 Å². The molecule has 0 bridgehead atoms. The number of nitro groups is 1. The van der Waals surface area contributed by atoms with Gasteiger partial charge in [0.25, 0.3) is 0 Å². The standard InChI is InChI=1S/C4H6N4O4S/c1-2-3(13(5,11)12)4(7-6-2)8(9)10/h1H3,(H,6,7)(H2,5,11,12). The largest absolute Gasteiger partial charge is 0.363 e. The molecule has 0 saturated heterocycles. The molecule has 0 radical (unpaired) electrons. The number of nitrogens with two attached hydrogens (primary N) is 1. The third kappa shape index (κ3) is 1.65. The molecule has 0 unspecified atom stereocenters. The summed E-state index contributed by atoms with van der Waals surface area (Å²) in [6, 6.07) is 0. The molecule has 0 aliphatic heterocycles. The van der Waals surface area contributed by atoms with Crippen molar-refractivity contribution in [3.05, 3.63) is 15.8 Å². The Morgan fingerprint density at radius 2 is 2.15 bits per heavy atom. The van der Waals surface area contributed by atoms with Gasteiger partial charge in [-0.1, -0.05) is 5.10 Å². The van der Waals surface area contributed by atoms with Gasteiger partial charge in [-0.15, -0.1) is 5.10 Å². The molecule has 9 heteroatoms. The molecule has 0 spiro atoms. The van der Waals surface area contributed by atoms with E-state index in [0.29, 0.717) is 0 Å². The number of nitrogens with zero attached hydrogens (tertiary/aromatic N) is 2. The van der Waals surface area contributed by atoms with E-state index < -0.39 is 25.7 Å². The number of H-pyrrole nitrogens is 1. The number of aryl methyl sites for hydroxylation is 1. The lowest BCUT2D eigenvalue weighted by atomic mass is 10.5. The lowest BCUT2D eigenvalue weighted by Gasteiger charge is -1.94. The Morgan fingerprint density at radius 1 is 1.62 bits per heavy atom. The number of rotatable bonds is 2. The van der Waals surface area contributed by atoms with Crippen molar-refractivity contribution in [1.82, 2.24) is 10.2 Å². The SMILES string of the molecule is Cc1n[nH]c([N+](=O)[O-])c1S(N)(=O)=O. The van der Waals surface area contributed by atoms with E-state index in [0.717, 1.165) is 0 Å². The van der Waals surface area contributed by atoms with Crippen molar-refractivity contribution in [2.24, 2.45) is 5.14 Å². The van der Waals surface area contributed by atoms with Gasteiger partial charge in [0.05, 0.1) is 0 Å². The summed E-state index contributed by atoms with van der Waals surface area (Å²) in [6.45, 7) is 1.31. The molecule has 0 aromatic carbocycles. The van der Waals surface area contributed by atoms with Gasteiger partial charge in [0.15, 0.2) is 0 Å². The zero-order chi connectivity index (χ0) is 10.2. The van der Waals surface area contributed by atoms with Crippen LogP contribution in [0.25, 0.3) is 0 Å². The fourth-order valence-corrected chi connectivity index (χ4v) is 1.72. The molecule has 0 saturated carbocycles. The van der Waals surface area contributed by atoms with Crippen LogP contribution < -0.4 is 5.14 Å². The van der Waals surface area contributed by atoms with Gasteiger partial charge in [0.2, 0.25) is 14.9 Å². The predicted molar refractivity (Wildman–Crippen MR) is 41.4 cm³/mol. The molecule has 13 heavy (non-hydrogen) atoms. The number of hydrogen-bond donors (Lipinski definition) is 2. The van der Waals surface area contributed by atoms with Gasteiger partial charge in [-0.2, -0.15) is 0 Å². The Kier molecular flexibility index (Phi) is 2.05. The minimum Gasteiger partial charge on any atom is -0.358 e. The van der Waals surface area contributed by atoms with Crippen molar-refractivity contribution >= 4 is 15.8 Å². The quantitative estimate of drug-likeness (QED) is 0.486. The molecule has 0 fully saturated rings. The summed E-state index contributed by atoms with van der Waals surface area (Å²) < 4.78 is 21.7. The lowest BCUT2D eigenvalue weighted by Crippen LogP contribution is -2.14. The van der Waals surface area contributed by atoms with Crippen LogP contribution in [0.2, 0.25) is 0 Å². The highest BCUT2D eigenvalue weighted by atomic mass is 32.2. The second-order valence-corrected chi connectivity index (χ2v) is 3.79. The van der Waals surface area contributed by atoms with Gasteiger partial charge in [-0.3, -0.25) is 0 Å². The van der Waals surface area contributed by atoms with E-state index in [9.17, 15) is 18.5 Å². The van der Waals surface area contributed by atoms with E-state index in [2.05, 4.69) is 5.10 Å². The molecule has 0 atom stereocenters. The molecule has 1 heterocycles. The minimum atomic E-state index is -4.10. The highest BCUT2D eigenvalue weighted by Gasteiger charge is 2.28. The van der Waals surface area contributed by atoms with E-state index in [4.69, 9.17) is 5.14 Å². The molecular formula is C4H6N4O4S. The van der Waals surface area contributed by atoms with Gasteiger partial charge in [-0.05, 0) is 11.8 Å². The Bertz CT molecular complexity index is 447. The number of nitrogens with one attached hydrogen (secondary N) is 1. The normalized spacial score (nSPS) is 11.5. The number of primary sulfonamides is 1. The van der Waals surface area contributed by atoms with E-state index in [1.807, 2.05) is 5.10 Å². The highest BCUT2D eigenvalue weighted by molar-refractivity contribution is 7.89. The summed E-state index contributed by atoms with van der Waals surface area (Å²) in [4.78, 5) is 8.84. The van der Waals surface area contributed by atoms with Crippen LogP contribution in [-0.2, 0) is 10.0 Å². The second kappa shape index (κ2) is 2.78. The van der Waals surface area contributed by atoms with Gasteiger partial charge in [-0.25, -0.2) is 13.6 Å². The number of sulfonamides is 1. The molecule has 1 aromatic rings. The maximum atomic E-state index is 10.9. The molecule has 1 rings (SSSR count). The lowest BCUT2D eigenvalue weighted by molar-refractivity contribution is -0.392. The number of aromatic nitrogens is 2. The maximum Gasteiger partial charge on any atom is 0.363 e. The predicted octanol–water partition coefficient (Wildman–Crippen LogP) is -0.726. The van der Waals surface area contributed by atoms with Crippen LogP contribution in [0.1, 0.15) is 5.69 Å². The monoisotopic (exact) mass is 206 g/mol. The minimum absolute atomic E-state index is 0.0193. The van der Waals surface area contributed by atoms with Gasteiger partial charge >= 0.3 is 5.82 Å².